The van der Waals surface area contributed by atoms with E-state index in [4.69, 9.17) is 10.5 Å². The number of nitrogens with two attached hydrogens (primary N) is 1. The summed E-state index contributed by atoms with van der Waals surface area (Å²) in [5.41, 5.74) is 5.45. The minimum absolute atomic E-state index is 0.0237. The van der Waals surface area contributed by atoms with Crippen molar-refractivity contribution >= 4 is 11.7 Å². The summed E-state index contributed by atoms with van der Waals surface area (Å²) >= 11 is 0. The average Bonchev–Trinajstić information content (AvgIpc) is 2.97. The first-order valence-corrected chi connectivity index (χ1v) is 7.66. The van der Waals surface area contributed by atoms with Gasteiger partial charge in [0.05, 0.1) is 18.2 Å². The molecule has 114 valence electrons. The lowest BCUT2D eigenvalue weighted by Crippen LogP contribution is -2.37. The number of ether oxygens (including phenoxy) is 1. The van der Waals surface area contributed by atoms with E-state index >= 15 is 0 Å². The number of rotatable bonds is 4. The van der Waals surface area contributed by atoms with Crippen molar-refractivity contribution in [2.75, 3.05) is 24.6 Å². The van der Waals surface area contributed by atoms with Gasteiger partial charge in [0, 0.05) is 32.1 Å². The number of primary amides is 1. The highest BCUT2D eigenvalue weighted by Crippen LogP contribution is 2.31. The van der Waals surface area contributed by atoms with Crippen molar-refractivity contribution in [1.82, 2.24) is 9.97 Å². The molecule has 2 fully saturated rings. The number of carbonyl (C=O) groups excluding carboxylic acids is 1. The Morgan fingerprint density at radius 3 is 2.81 bits per heavy atom. The minimum atomic E-state index is -0.213. The van der Waals surface area contributed by atoms with Crippen LogP contribution in [0.3, 0.4) is 0 Å². The van der Waals surface area contributed by atoms with Crippen molar-refractivity contribution in [3.8, 4) is 0 Å². The van der Waals surface area contributed by atoms with E-state index in [0.717, 1.165) is 44.6 Å². The summed E-state index contributed by atoms with van der Waals surface area (Å²) in [6, 6.07) is 0. The molecule has 2 N–H and O–H groups in total. The summed E-state index contributed by atoms with van der Waals surface area (Å²) < 4.78 is 5.70. The maximum Gasteiger partial charge on any atom is 0.223 e. The number of hydrogen-bond acceptors (Lipinski definition) is 5. The van der Waals surface area contributed by atoms with Crippen molar-refractivity contribution in [1.29, 1.82) is 0 Å². The summed E-state index contributed by atoms with van der Waals surface area (Å²) in [6.07, 6.45) is 9.17. The van der Waals surface area contributed by atoms with Gasteiger partial charge in [-0.15, -0.1) is 0 Å². The smallest absolute Gasteiger partial charge is 0.223 e. The van der Waals surface area contributed by atoms with Crippen molar-refractivity contribution in [3.63, 3.8) is 0 Å². The van der Waals surface area contributed by atoms with E-state index in [1.165, 1.54) is 0 Å². The van der Waals surface area contributed by atoms with Crippen LogP contribution in [0.5, 0.6) is 0 Å². The molecule has 1 aromatic heterocycles. The largest absolute Gasteiger partial charge is 0.377 e. The number of piperidine rings is 1. The molecule has 1 amide bonds. The van der Waals surface area contributed by atoms with Gasteiger partial charge in [-0.3, -0.25) is 9.78 Å². The fourth-order valence-corrected chi connectivity index (χ4v) is 3.39. The molecular weight excluding hydrogens is 268 g/mol. The highest BCUT2D eigenvalue weighted by atomic mass is 16.5. The van der Waals surface area contributed by atoms with Gasteiger partial charge in [0.1, 0.15) is 5.82 Å². The summed E-state index contributed by atoms with van der Waals surface area (Å²) in [5, 5.41) is 0. The zero-order chi connectivity index (χ0) is 14.7. The SMILES string of the molecule is NC(=O)[C@@H]1CCO[C@@H]1CC1CCN(c2cnccn2)CC1. The van der Waals surface area contributed by atoms with Crippen molar-refractivity contribution < 1.29 is 9.53 Å². The number of carbonyl (C=O) groups is 1. The maximum atomic E-state index is 11.4. The Hall–Kier alpha value is -1.69. The van der Waals surface area contributed by atoms with Crippen LogP contribution in [0, 0.1) is 11.8 Å². The van der Waals surface area contributed by atoms with Crippen LogP contribution in [0.15, 0.2) is 18.6 Å². The lowest BCUT2D eigenvalue weighted by molar-refractivity contribution is -0.123. The average molecular weight is 290 g/mol. The van der Waals surface area contributed by atoms with Crippen LogP contribution in [0.1, 0.15) is 25.7 Å². The van der Waals surface area contributed by atoms with E-state index in [1.54, 1.807) is 12.4 Å². The molecule has 21 heavy (non-hydrogen) atoms. The molecule has 6 nitrogen and oxygen atoms in total. The molecule has 0 radical (unpaired) electrons. The maximum absolute atomic E-state index is 11.4. The third-order valence-electron chi connectivity index (χ3n) is 4.63. The molecule has 2 atom stereocenters. The molecule has 0 spiro atoms. The standard InChI is InChI=1S/C15H22N4O2/c16-15(20)12-3-8-21-13(12)9-11-1-6-19(7-2-11)14-10-17-4-5-18-14/h4-5,10-13H,1-3,6-9H2,(H2,16,20)/t12-,13-/m1/s1. The Labute approximate surface area is 124 Å². The Balaban J connectivity index is 1.51. The normalized spacial score (nSPS) is 27.0. The van der Waals surface area contributed by atoms with Crippen LogP contribution in [-0.4, -0.2) is 41.7 Å². The zero-order valence-electron chi connectivity index (χ0n) is 12.1. The lowest BCUT2D eigenvalue weighted by Gasteiger charge is -2.34. The Kier molecular flexibility index (Phi) is 4.34. The van der Waals surface area contributed by atoms with Crippen molar-refractivity contribution in [2.24, 2.45) is 17.6 Å². The van der Waals surface area contributed by atoms with Gasteiger partial charge in [-0.2, -0.15) is 0 Å². The fourth-order valence-electron chi connectivity index (χ4n) is 3.39. The topological polar surface area (TPSA) is 81.3 Å². The van der Waals surface area contributed by atoms with Gasteiger partial charge in [0.15, 0.2) is 0 Å². The molecule has 3 heterocycles. The third kappa shape index (κ3) is 3.32. The first-order chi connectivity index (χ1) is 10.2. The van der Waals surface area contributed by atoms with Crippen LogP contribution in [0.2, 0.25) is 0 Å². The van der Waals surface area contributed by atoms with Gasteiger partial charge >= 0.3 is 0 Å². The van der Waals surface area contributed by atoms with Gasteiger partial charge in [-0.1, -0.05) is 0 Å². The first-order valence-electron chi connectivity index (χ1n) is 7.66. The number of aromatic nitrogens is 2. The molecule has 0 bridgehead atoms. The molecule has 0 aromatic carbocycles. The Bertz CT molecular complexity index is 474. The predicted octanol–water partition coefficient (Wildman–Crippen LogP) is 0.973. The number of amides is 1. The zero-order valence-corrected chi connectivity index (χ0v) is 12.1. The van der Waals surface area contributed by atoms with E-state index in [0.29, 0.717) is 12.5 Å². The van der Waals surface area contributed by atoms with E-state index in [9.17, 15) is 4.79 Å². The Morgan fingerprint density at radius 2 is 2.14 bits per heavy atom. The minimum Gasteiger partial charge on any atom is -0.377 e. The molecule has 0 unspecified atom stereocenters. The molecule has 1 aromatic rings. The number of anilines is 1. The van der Waals surface area contributed by atoms with E-state index < -0.39 is 0 Å². The van der Waals surface area contributed by atoms with Crippen LogP contribution in [-0.2, 0) is 9.53 Å². The van der Waals surface area contributed by atoms with E-state index in [2.05, 4.69) is 14.9 Å². The summed E-state index contributed by atoms with van der Waals surface area (Å²) in [7, 11) is 0. The van der Waals surface area contributed by atoms with Crippen LogP contribution in [0.25, 0.3) is 0 Å². The summed E-state index contributed by atoms with van der Waals surface area (Å²) in [4.78, 5) is 22.1. The van der Waals surface area contributed by atoms with Crippen molar-refractivity contribution in [2.45, 2.75) is 31.8 Å². The van der Waals surface area contributed by atoms with Gasteiger partial charge in [-0.05, 0) is 31.6 Å². The molecule has 0 saturated carbocycles. The molecular formula is C15H22N4O2. The van der Waals surface area contributed by atoms with E-state index in [1.807, 2.05) is 6.20 Å². The summed E-state index contributed by atoms with van der Waals surface area (Å²) in [5.74, 6) is 1.24. The molecule has 2 aliphatic rings. The predicted molar refractivity (Wildman–Crippen MR) is 78.6 cm³/mol. The molecule has 0 aliphatic carbocycles. The monoisotopic (exact) mass is 290 g/mol. The second-order valence-corrected chi connectivity index (χ2v) is 5.94. The third-order valence-corrected chi connectivity index (χ3v) is 4.63. The van der Waals surface area contributed by atoms with Crippen LogP contribution in [0.4, 0.5) is 5.82 Å². The Morgan fingerprint density at radius 1 is 1.33 bits per heavy atom. The molecule has 6 heteroatoms. The highest BCUT2D eigenvalue weighted by Gasteiger charge is 2.35. The van der Waals surface area contributed by atoms with Gasteiger partial charge in [-0.25, -0.2) is 4.98 Å². The molecule has 2 saturated heterocycles. The number of hydrogen-bond donors (Lipinski definition) is 1. The quantitative estimate of drug-likeness (QED) is 0.893. The summed E-state index contributed by atoms with van der Waals surface area (Å²) in [6.45, 7) is 2.63. The first kappa shape index (κ1) is 14.3. The highest BCUT2D eigenvalue weighted by molar-refractivity contribution is 5.77. The van der Waals surface area contributed by atoms with Gasteiger partial charge in [0.2, 0.25) is 5.91 Å². The van der Waals surface area contributed by atoms with Gasteiger partial charge < -0.3 is 15.4 Å². The van der Waals surface area contributed by atoms with Crippen molar-refractivity contribution in [3.05, 3.63) is 18.6 Å². The lowest BCUT2D eigenvalue weighted by atomic mass is 9.86. The second-order valence-electron chi connectivity index (χ2n) is 5.94. The number of nitrogens with zero attached hydrogens (tertiary/aromatic N) is 3. The molecule has 3 rings (SSSR count). The van der Waals surface area contributed by atoms with Crippen LogP contribution < -0.4 is 10.6 Å². The van der Waals surface area contributed by atoms with E-state index in [-0.39, 0.29) is 17.9 Å². The molecule has 2 aliphatic heterocycles. The second kappa shape index (κ2) is 6.39. The van der Waals surface area contributed by atoms with Crippen LogP contribution >= 0.6 is 0 Å². The fraction of sp³-hybridized carbons (Fsp3) is 0.667. The van der Waals surface area contributed by atoms with Gasteiger partial charge in [0.25, 0.3) is 0 Å².